The van der Waals surface area contributed by atoms with Crippen molar-refractivity contribution in [3.63, 3.8) is 0 Å². The van der Waals surface area contributed by atoms with Crippen molar-refractivity contribution < 1.29 is 9.90 Å². The molecule has 0 saturated carbocycles. The van der Waals surface area contributed by atoms with Gasteiger partial charge >= 0.3 is 0 Å². The van der Waals surface area contributed by atoms with E-state index in [9.17, 15) is 9.90 Å². The Balaban J connectivity index is 1.46. The van der Waals surface area contributed by atoms with Crippen LogP contribution in [-0.4, -0.2) is 59.3 Å². The number of nitrogens with zero attached hydrogens (tertiary/aromatic N) is 3. The summed E-state index contributed by atoms with van der Waals surface area (Å²) in [6.07, 6.45) is 0.735. The molecule has 3 aromatic rings. The second kappa shape index (κ2) is 10.0. The zero-order valence-corrected chi connectivity index (χ0v) is 20.0. The van der Waals surface area contributed by atoms with Crippen LogP contribution in [0.3, 0.4) is 0 Å². The lowest BCUT2D eigenvalue weighted by Crippen LogP contribution is -2.44. The highest BCUT2D eigenvalue weighted by atomic mass is 16.3. The standard InChI is InChI=1S/C25H33N7O2/c1-4-18-14-17(13-16(2)22(18)33)15-27-24-21(23(26)34)25(30-29-24)28-19-5-7-20(8-6-19)32-11-9-31(3)10-12-32/h5-8,13-14,33H,4,9-12,15H2,1-3H3,(H2,26,34)(H3,27,28,29,30). The van der Waals surface area contributed by atoms with Crippen molar-refractivity contribution in [1.82, 2.24) is 15.1 Å². The number of nitrogens with two attached hydrogens (primary N) is 1. The molecule has 6 N–H and O–H groups in total. The third-order valence-electron chi connectivity index (χ3n) is 6.30. The Kier molecular flexibility index (Phi) is 6.93. The summed E-state index contributed by atoms with van der Waals surface area (Å²) in [7, 11) is 2.14. The number of benzene rings is 2. The molecule has 0 radical (unpaired) electrons. The number of aromatic hydroxyl groups is 1. The molecule has 1 fully saturated rings. The highest BCUT2D eigenvalue weighted by Crippen LogP contribution is 2.28. The fourth-order valence-electron chi connectivity index (χ4n) is 4.25. The molecule has 180 valence electrons. The second-order valence-corrected chi connectivity index (χ2v) is 8.78. The maximum Gasteiger partial charge on any atom is 0.256 e. The van der Waals surface area contributed by atoms with Gasteiger partial charge in [-0.1, -0.05) is 19.1 Å². The van der Waals surface area contributed by atoms with Gasteiger partial charge in [0, 0.05) is 44.1 Å². The first-order chi connectivity index (χ1) is 16.4. The lowest BCUT2D eigenvalue weighted by atomic mass is 10.0. The van der Waals surface area contributed by atoms with Gasteiger partial charge in [0.15, 0.2) is 5.82 Å². The Morgan fingerprint density at radius 3 is 2.53 bits per heavy atom. The van der Waals surface area contributed by atoms with Gasteiger partial charge in [-0.05, 0) is 61.3 Å². The molecular formula is C25H33N7O2. The van der Waals surface area contributed by atoms with E-state index in [-0.39, 0.29) is 5.56 Å². The molecule has 2 aromatic carbocycles. The van der Waals surface area contributed by atoms with Crippen LogP contribution < -0.4 is 21.3 Å². The van der Waals surface area contributed by atoms with Crippen LogP contribution in [0.1, 0.15) is 34.0 Å². The van der Waals surface area contributed by atoms with Gasteiger partial charge in [0.05, 0.1) is 0 Å². The van der Waals surface area contributed by atoms with Crippen LogP contribution in [0, 0.1) is 6.92 Å². The number of carbonyl (C=O) groups is 1. The lowest BCUT2D eigenvalue weighted by Gasteiger charge is -2.34. The number of carbonyl (C=O) groups excluding carboxylic acids is 1. The molecule has 0 unspecified atom stereocenters. The van der Waals surface area contributed by atoms with E-state index in [1.807, 2.05) is 38.1 Å². The molecule has 1 saturated heterocycles. The number of aromatic amines is 1. The molecule has 2 heterocycles. The van der Waals surface area contributed by atoms with Gasteiger partial charge in [-0.15, -0.1) is 0 Å². The van der Waals surface area contributed by atoms with E-state index in [2.05, 4.69) is 49.8 Å². The minimum absolute atomic E-state index is 0.273. The first-order valence-corrected chi connectivity index (χ1v) is 11.6. The first kappa shape index (κ1) is 23.4. The molecule has 0 atom stereocenters. The zero-order chi connectivity index (χ0) is 24.2. The predicted molar refractivity (Wildman–Crippen MR) is 136 cm³/mol. The third kappa shape index (κ3) is 5.09. The van der Waals surface area contributed by atoms with Gasteiger partial charge < -0.3 is 31.3 Å². The normalized spacial score (nSPS) is 14.3. The second-order valence-electron chi connectivity index (χ2n) is 8.78. The molecule has 1 aliphatic rings. The first-order valence-electron chi connectivity index (χ1n) is 11.6. The van der Waals surface area contributed by atoms with Crippen LogP contribution in [0.4, 0.5) is 23.0 Å². The number of H-pyrrole nitrogens is 1. The number of phenols is 1. The number of hydrogen-bond donors (Lipinski definition) is 5. The Hall–Kier alpha value is -3.72. The van der Waals surface area contributed by atoms with Crippen molar-refractivity contribution in [3.8, 4) is 5.75 Å². The van der Waals surface area contributed by atoms with Crippen LogP contribution in [0.5, 0.6) is 5.75 Å². The predicted octanol–water partition coefficient (Wildman–Crippen LogP) is 3.19. The van der Waals surface area contributed by atoms with E-state index in [0.717, 1.165) is 55.0 Å². The lowest BCUT2D eigenvalue weighted by molar-refractivity contribution is 0.100. The number of amides is 1. The Morgan fingerprint density at radius 2 is 1.88 bits per heavy atom. The number of anilines is 4. The van der Waals surface area contributed by atoms with Crippen LogP contribution in [0.2, 0.25) is 0 Å². The van der Waals surface area contributed by atoms with E-state index >= 15 is 0 Å². The maximum absolute atomic E-state index is 12.2. The van der Waals surface area contributed by atoms with E-state index in [1.165, 1.54) is 5.69 Å². The summed E-state index contributed by atoms with van der Waals surface area (Å²) in [5, 5.41) is 23.7. The number of phenolic OH excluding ortho intramolecular Hbond substituents is 1. The van der Waals surface area contributed by atoms with Gasteiger partial charge in [0.2, 0.25) is 0 Å². The van der Waals surface area contributed by atoms with Crippen molar-refractivity contribution in [2.45, 2.75) is 26.8 Å². The van der Waals surface area contributed by atoms with E-state index in [0.29, 0.717) is 23.9 Å². The number of hydrogen-bond acceptors (Lipinski definition) is 7. The molecule has 0 aliphatic carbocycles. The van der Waals surface area contributed by atoms with Crippen molar-refractivity contribution in [3.05, 3.63) is 58.7 Å². The summed E-state index contributed by atoms with van der Waals surface area (Å²) in [5.74, 6) is 0.575. The molecular weight excluding hydrogens is 430 g/mol. The van der Waals surface area contributed by atoms with Crippen molar-refractivity contribution in [2.75, 3.05) is 48.8 Å². The largest absolute Gasteiger partial charge is 0.507 e. The topological polar surface area (TPSA) is 123 Å². The monoisotopic (exact) mass is 463 g/mol. The van der Waals surface area contributed by atoms with Gasteiger partial charge in [0.25, 0.3) is 5.91 Å². The van der Waals surface area contributed by atoms with E-state index in [4.69, 9.17) is 5.73 Å². The molecule has 0 spiro atoms. The molecule has 1 aliphatic heterocycles. The number of aryl methyl sites for hydroxylation is 2. The van der Waals surface area contributed by atoms with Crippen LogP contribution >= 0.6 is 0 Å². The fraction of sp³-hybridized carbons (Fsp3) is 0.360. The van der Waals surface area contributed by atoms with E-state index < -0.39 is 5.91 Å². The highest BCUT2D eigenvalue weighted by Gasteiger charge is 2.19. The summed E-state index contributed by atoms with van der Waals surface area (Å²) >= 11 is 0. The molecule has 1 amide bonds. The van der Waals surface area contributed by atoms with E-state index in [1.54, 1.807) is 0 Å². The highest BCUT2D eigenvalue weighted by molar-refractivity contribution is 6.03. The molecule has 1 aromatic heterocycles. The minimum atomic E-state index is -0.580. The number of rotatable bonds is 8. The van der Waals surface area contributed by atoms with Gasteiger partial charge in [-0.3, -0.25) is 9.89 Å². The number of nitrogens with one attached hydrogen (secondary N) is 3. The minimum Gasteiger partial charge on any atom is -0.507 e. The molecule has 34 heavy (non-hydrogen) atoms. The average Bonchev–Trinajstić information content (AvgIpc) is 3.23. The molecule has 9 nitrogen and oxygen atoms in total. The number of aromatic nitrogens is 2. The molecule has 9 heteroatoms. The Labute approximate surface area is 200 Å². The summed E-state index contributed by atoms with van der Waals surface area (Å²) in [5.41, 5.74) is 10.6. The number of primary amides is 1. The van der Waals surface area contributed by atoms with Crippen molar-refractivity contribution >= 4 is 28.9 Å². The molecule has 4 rings (SSSR count). The Morgan fingerprint density at radius 1 is 1.18 bits per heavy atom. The average molecular weight is 464 g/mol. The summed E-state index contributed by atoms with van der Waals surface area (Å²) in [6.45, 7) is 8.44. The molecule has 0 bridgehead atoms. The van der Waals surface area contributed by atoms with Crippen molar-refractivity contribution in [1.29, 1.82) is 0 Å². The van der Waals surface area contributed by atoms with Crippen molar-refractivity contribution in [2.24, 2.45) is 5.73 Å². The third-order valence-corrected chi connectivity index (χ3v) is 6.30. The van der Waals surface area contributed by atoms with Gasteiger partial charge in [0.1, 0.15) is 17.1 Å². The summed E-state index contributed by atoms with van der Waals surface area (Å²) in [6, 6.07) is 12.0. The quantitative estimate of drug-likeness (QED) is 0.348. The van der Waals surface area contributed by atoms with Crippen LogP contribution in [0.25, 0.3) is 0 Å². The SMILES string of the molecule is CCc1cc(CNc2[nH]nc(Nc3ccc(N4CCN(C)CC4)cc3)c2C(N)=O)cc(C)c1O. The van der Waals surface area contributed by atoms with Crippen LogP contribution in [0.15, 0.2) is 36.4 Å². The Bertz CT molecular complexity index is 1150. The van der Waals surface area contributed by atoms with Gasteiger partial charge in [-0.25, -0.2) is 0 Å². The number of piperazine rings is 1. The number of likely N-dealkylation sites (N-methyl/N-ethyl adjacent to an activating group) is 1. The van der Waals surface area contributed by atoms with Gasteiger partial charge in [-0.2, -0.15) is 5.10 Å². The smallest absolute Gasteiger partial charge is 0.256 e. The summed E-state index contributed by atoms with van der Waals surface area (Å²) < 4.78 is 0. The maximum atomic E-state index is 12.2. The summed E-state index contributed by atoms with van der Waals surface area (Å²) in [4.78, 5) is 16.9. The fourth-order valence-corrected chi connectivity index (χ4v) is 4.25. The van der Waals surface area contributed by atoms with Crippen LogP contribution in [-0.2, 0) is 13.0 Å². The zero-order valence-electron chi connectivity index (χ0n) is 20.0.